The van der Waals surface area contributed by atoms with E-state index < -0.39 is 0 Å². The summed E-state index contributed by atoms with van der Waals surface area (Å²) in [6.07, 6.45) is 6.35. The number of aromatic nitrogens is 2. The van der Waals surface area contributed by atoms with E-state index in [4.69, 9.17) is 10.5 Å². The molecule has 5 nitrogen and oxygen atoms in total. The van der Waals surface area contributed by atoms with E-state index in [1.54, 1.807) is 0 Å². The second kappa shape index (κ2) is 7.84. The van der Waals surface area contributed by atoms with Gasteiger partial charge in [0.2, 0.25) is 0 Å². The van der Waals surface area contributed by atoms with E-state index in [1.165, 1.54) is 5.56 Å². The Kier molecular flexibility index (Phi) is 5.12. The Morgan fingerprint density at radius 1 is 1.04 bits per heavy atom. The Balaban J connectivity index is 1.45. The van der Waals surface area contributed by atoms with Crippen LogP contribution in [0.15, 0.2) is 60.9 Å². The quantitative estimate of drug-likeness (QED) is 0.704. The highest BCUT2D eigenvalue weighted by molar-refractivity contribution is 5.57. The fraction of sp³-hybridized carbons (Fsp3) is 0.318. The first-order valence-corrected chi connectivity index (χ1v) is 9.48. The van der Waals surface area contributed by atoms with Gasteiger partial charge in [0.15, 0.2) is 0 Å². The summed E-state index contributed by atoms with van der Waals surface area (Å²) in [4.78, 5) is 6.90. The molecule has 2 heterocycles. The first kappa shape index (κ1) is 17.6. The predicted octanol–water partition coefficient (Wildman–Crippen LogP) is 3.65. The molecular weight excluding hydrogens is 336 g/mol. The molecule has 1 aliphatic heterocycles. The maximum Gasteiger partial charge on any atom is 0.140 e. The van der Waals surface area contributed by atoms with Crippen molar-refractivity contribution in [2.75, 3.05) is 25.9 Å². The molecule has 5 heteroatoms. The van der Waals surface area contributed by atoms with E-state index in [0.29, 0.717) is 6.10 Å². The third kappa shape index (κ3) is 4.31. The van der Waals surface area contributed by atoms with Gasteiger partial charge < -0.3 is 19.9 Å². The zero-order valence-corrected chi connectivity index (χ0v) is 15.7. The van der Waals surface area contributed by atoms with Gasteiger partial charge in [0.25, 0.3) is 0 Å². The van der Waals surface area contributed by atoms with Crippen LogP contribution >= 0.6 is 0 Å². The molecular formula is C22H26N4O. The molecule has 1 fully saturated rings. The molecule has 0 amide bonds. The zero-order chi connectivity index (χ0) is 18.6. The number of piperidine rings is 1. The summed E-state index contributed by atoms with van der Waals surface area (Å²) in [5.41, 5.74) is 8.85. The lowest BCUT2D eigenvalue weighted by atomic mass is 10.1. The number of ether oxygens (including phenoxy) is 1. The van der Waals surface area contributed by atoms with Crippen molar-refractivity contribution in [1.82, 2.24) is 14.5 Å². The van der Waals surface area contributed by atoms with Gasteiger partial charge >= 0.3 is 0 Å². The van der Waals surface area contributed by atoms with E-state index >= 15 is 0 Å². The highest BCUT2D eigenvalue weighted by atomic mass is 16.5. The summed E-state index contributed by atoms with van der Waals surface area (Å²) in [6, 6.07) is 16.3. The van der Waals surface area contributed by atoms with Crippen molar-refractivity contribution in [3.63, 3.8) is 0 Å². The Morgan fingerprint density at radius 2 is 1.74 bits per heavy atom. The van der Waals surface area contributed by atoms with Gasteiger partial charge in [-0.3, -0.25) is 0 Å². The van der Waals surface area contributed by atoms with Crippen LogP contribution in [0, 0.1) is 0 Å². The largest absolute Gasteiger partial charge is 0.490 e. The van der Waals surface area contributed by atoms with Gasteiger partial charge in [-0.25, -0.2) is 4.98 Å². The molecule has 140 valence electrons. The molecule has 2 N–H and O–H groups in total. The number of rotatable bonds is 5. The molecule has 1 aromatic heterocycles. The summed E-state index contributed by atoms with van der Waals surface area (Å²) in [6.45, 7) is 2.97. The summed E-state index contributed by atoms with van der Waals surface area (Å²) in [5, 5.41) is 0. The smallest absolute Gasteiger partial charge is 0.140 e. The molecule has 0 saturated carbocycles. The lowest BCUT2D eigenvalue weighted by molar-refractivity contribution is 0.114. The number of benzene rings is 2. The van der Waals surface area contributed by atoms with Crippen LogP contribution in [-0.2, 0) is 6.54 Å². The zero-order valence-electron chi connectivity index (χ0n) is 15.7. The Bertz CT molecular complexity index is 862. The Labute approximate surface area is 160 Å². The number of nitrogen functional groups attached to an aromatic ring is 1. The lowest BCUT2D eigenvalue weighted by Crippen LogP contribution is -2.35. The van der Waals surface area contributed by atoms with Crippen molar-refractivity contribution in [1.29, 1.82) is 0 Å². The molecule has 0 bridgehead atoms. The third-order valence-electron chi connectivity index (χ3n) is 5.13. The van der Waals surface area contributed by atoms with Crippen molar-refractivity contribution in [3.05, 3.63) is 66.5 Å². The Morgan fingerprint density at radius 3 is 2.44 bits per heavy atom. The number of imidazole rings is 1. The minimum atomic E-state index is 0.319. The first-order valence-electron chi connectivity index (χ1n) is 9.48. The van der Waals surface area contributed by atoms with Gasteiger partial charge in [-0.1, -0.05) is 12.1 Å². The highest BCUT2D eigenvalue weighted by Gasteiger charge is 2.18. The second-order valence-electron chi connectivity index (χ2n) is 7.27. The van der Waals surface area contributed by atoms with Gasteiger partial charge in [0.1, 0.15) is 17.7 Å². The van der Waals surface area contributed by atoms with E-state index in [2.05, 4.69) is 57.9 Å². The van der Waals surface area contributed by atoms with Crippen LogP contribution in [0.25, 0.3) is 11.4 Å². The van der Waals surface area contributed by atoms with Crippen LogP contribution in [-0.4, -0.2) is 40.7 Å². The van der Waals surface area contributed by atoms with E-state index in [-0.39, 0.29) is 0 Å². The number of nitrogens with zero attached hydrogens (tertiary/aromatic N) is 3. The molecule has 0 atom stereocenters. The third-order valence-corrected chi connectivity index (χ3v) is 5.13. The normalized spacial score (nSPS) is 15.7. The van der Waals surface area contributed by atoms with Crippen LogP contribution < -0.4 is 10.5 Å². The molecule has 2 aromatic carbocycles. The molecule has 0 unspecified atom stereocenters. The van der Waals surface area contributed by atoms with Crippen molar-refractivity contribution < 1.29 is 4.74 Å². The molecule has 0 spiro atoms. The van der Waals surface area contributed by atoms with Crippen molar-refractivity contribution in [3.8, 4) is 17.1 Å². The fourth-order valence-electron chi connectivity index (χ4n) is 3.49. The second-order valence-corrected chi connectivity index (χ2v) is 7.27. The topological polar surface area (TPSA) is 56.3 Å². The molecule has 4 rings (SSSR count). The summed E-state index contributed by atoms with van der Waals surface area (Å²) >= 11 is 0. The SMILES string of the molecule is CN1CCC(Oc2ccc(-c3nccn3Cc3ccc(N)cc3)cc2)CC1. The molecule has 27 heavy (non-hydrogen) atoms. The molecule has 1 aliphatic rings. The Hall–Kier alpha value is -2.79. The summed E-state index contributed by atoms with van der Waals surface area (Å²) < 4.78 is 8.30. The summed E-state index contributed by atoms with van der Waals surface area (Å²) in [7, 11) is 2.16. The molecule has 3 aromatic rings. The maximum atomic E-state index is 6.15. The van der Waals surface area contributed by atoms with Gasteiger partial charge in [0, 0.05) is 43.3 Å². The molecule has 1 saturated heterocycles. The van der Waals surface area contributed by atoms with Gasteiger partial charge in [-0.05, 0) is 61.9 Å². The van der Waals surface area contributed by atoms with Gasteiger partial charge in [0.05, 0.1) is 0 Å². The minimum absolute atomic E-state index is 0.319. The van der Waals surface area contributed by atoms with Gasteiger partial charge in [-0.2, -0.15) is 0 Å². The van der Waals surface area contributed by atoms with Crippen LogP contribution in [0.3, 0.4) is 0 Å². The van der Waals surface area contributed by atoms with E-state index in [9.17, 15) is 0 Å². The van der Waals surface area contributed by atoms with Crippen LogP contribution in [0.2, 0.25) is 0 Å². The van der Waals surface area contributed by atoms with Crippen LogP contribution in [0.5, 0.6) is 5.75 Å². The molecule has 0 radical (unpaired) electrons. The minimum Gasteiger partial charge on any atom is -0.490 e. The maximum absolute atomic E-state index is 6.15. The average molecular weight is 362 g/mol. The number of nitrogens with two attached hydrogens (primary N) is 1. The monoisotopic (exact) mass is 362 g/mol. The number of anilines is 1. The van der Waals surface area contributed by atoms with E-state index in [0.717, 1.165) is 55.3 Å². The van der Waals surface area contributed by atoms with Crippen LogP contribution in [0.1, 0.15) is 18.4 Å². The predicted molar refractivity (Wildman–Crippen MR) is 109 cm³/mol. The van der Waals surface area contributed by atoms with Crippen molar-refractivity contribution in [2.45, 2.75) is 25.5 Å². The molecule has 0 aliphatic carbocycles. The number of likely N-dealkylation sites (tertiary alicyclic amines) is 1. The fourth-order valence-corrected chi connectivity index (χ4v) is 3.49. The van der Waals surface area contributed by atoms with Gasteiger partial charge in [-0.15, -0.1) is 0 Å². The average Bonchev–Trinajstić information content (AvgIpc) is 3.14. The van der Waals surface area contributed by atoms with Crippen molar-refractivity contribution >= 4 is 5.69 Å². The lowest BCUT2D eigenvalue weighted by Gasteiger charge is -2.29. The standard InChI is InChI=1S/C22H26N4O/c1-25-13-10-21(11-14-25)27-20-8-4-18(5-9-20)22-24-12-15-26(22)16-17-2-6-19(23)7-3-17/h2-9,12,15,21H,10-11,13-14,16,23H2,1H3. The van der Waals surface area contributed by atoms with E-state index in [1.807, 2.05) is 24.5 Å². The number of hydrogen-bond acceptors (Lipinski definition) is 4. The van der Waals surface area contributed by atoms with Crippen molar-refractivity contribution in [2.24, 2.45) is 0 Å². The van der Waals surface area contributed by atoms with Crippen LogP contribution in [0.4, 0.5) is 5.69 Å². The number of hydrogen-bond donors (Lipinski definition) is 1. The summed E-state index contributed by atoms with van der Waals surface area (Å²) in [5.74, 6) is 1.89. The first-order chi connectivity index (χ1) is 13.2. The highest BCUT2D eigenvalue weighted by Crippen LogP contribution is 2.24.